The molecule has 5 N–H and O–H groups in total. The van der Waals surface area contributed by atoms with Crippen molar-refractivity contribution in [1.29, 1.82) is 0 Å². The van der Waals surface area contributed by atoms with E-state index in [0.717, 1.165) is 6.42 Å². The van der Waals surface area contributed by atoms with Gasteiger partial charge in [0.25, 0.3) is 0 Å². The summed E-state index contributed by atoms with van der Waals surface area (Å²) in [4.78, 5) is 8.41. The predicted molar refractivity (Wildman–Crippen MR) is 81.1 cm³/mol. The van der Waals surface area contributed by atoms with E-state index in [4.69, 9.17) is 11.5 Å². The van der Waals surface area contributed by atoms with Gasteiger partial charge < -0.3 is 16.8 Å². The van der Waals surface area contributed by atoms with E-state index in [1.54, 1.807) is 0 Å². The maximum Gasteiger partial charge on any atom is 0.221 e. The molecule has 19 heavy (non-hydrogen) atoms. The van der Waals surface area contributed by atoms with Gasteiger partial charge in [-0.05, 0) is 32.8 Å². The Kier molecular flexibility index (Phi) is 5.36. The van der Waals surface area contributed by atoms with Gasteiger partial charge in [0.15, 0.2) is 5.96 Å². The lowest BCUT2D eigenvalue weighted by atomic mass is 10.1. The Bertz CT molecular complexity index is 439. The van der Waals surface area contributed by atoms with Crippen LogP contribution in [0.3, 0.4) is 0 Å². The van der Waals surface area contributed by atoms with Gasteiger partial charge in [0.2, 0.25) is 5.96 Å². The van der Waals surface area contributed by atoms with Crippen molar-refractivity contribution in [3.63, 3.8) is 0 Å². The lowest BCUT2D eigenvalue weighted by molar-refractivity contribution is 0.508. The van der Waals surface area contributed by atoms with E-state index in [2.05, 4.69) is 27.4 Å². The van der Waals surface area contributed by atoms with Crippen molar-refractivity contribution in [1.82, 2.24) is 5.32 Å². The predicted octanol–water partition coefficient (Wildman–Crippen LogP) is 1.25. The minimum atomic E-state index is -0.134. The van der Waals surface area contributed by atoms with E-state index in [9.17, 15) is 0 Å². The van der Waals surface area contributed by atoms with Crippen molar-refractivity contribution >= 4 is 11.9 Å². The van der Waals surface area contributed by atoms with Crippen molar-refractivity contribution in [2.24, 2.45) is 21.5 Å². The standard InChI is InChI=1S/C14H23N5/c1-14(2,3)19-13(18-12(15)16)17-10-9-11-7-5-4-6-8-11/h4-8H,9-10H2,1-3H3,(H5,15,16,17,18,19). The van der Waals surface area contributed by atoms with Crippen LogP contribution in [0.25, 0.3) is 0 Å². The van der Waals surface area contributed by atoms with E-state index in [1.165, 1.54) is 5.56 Å². The maximum atomic E-state index is 5.40. The van der Waals surface area contributed by atoms with Crippen molar-refractivity contribution in [3.8, 4) is 0 Å². The van der Waals surface area contributed by atoms with Gasteiger partial charge in [-0.15, -0.1) is 0 Å². The summed E-state index contributed by atoms with van der Waals surface area (Å²) in [6, 6.07) is 10.2. The summed E-state index contributed by atoms with van der Waals surface area (Å²) in [5.74, 6) is 0.485. The highest BCUT2D eigenvalue weighted by molar-refractivity contribution is 5.93. The molecule has 0 aliphatic rings. The molecule has 0 atom stereocenters. The second-order valence-corrected chi connectivity index (χ2v) is 5.35. The molecule has 0 amide bonds. The first kappa shape index (κ1) is 15.0. The minimum Gasteiger partial charge on any atom is -0.370 e. The summed E-state index contributed by atoms with van der Waals surface area (Å²) in [5.41, 5.74) is 11.9. The van der Waals surface area contributed by atoms with Crippen molar-refractivity contribution in [2.45, 2.75) is 32.7 Å². The summed E-state index contributed by atoms with van der Waals surface area (Å²) in [6.45, 7) is 6.73. The van der Waals surface area contributed by atoms with Gasteiger partial charge in [0, 0.05) is 12.1 Å². The first-order chi connectivity index (χ1) is 8.87. The lowest BCUT2D eigenvalue weighted by Crippen LogP contribution is -2.41. The second-order valence-electron chi connectivity index (χ2n) is 5.35. The number of rotatable bonds is 3. The van der Waals surface area contributed by atoms with E-state index in [-0.39, 0.29) is 11.5 Å². The SMILES string of the molecule is CC(C)(C)NC(N=C(N)N)=NCCc1ccccc1. The number of nitrogens with one attached hydrogen (secondary N) is 1. The summed E-state index contributed by atoms with van der Waals surface area (Å²) in [6.07, 6.45) is 0.857. The van der Waals surface area contributed by atoms with Gasteiger partial charge in [0.1, 0.15) is 0 Å². The Morgan fingerprint density at radius 2 is 1.79 bits per heavy atom. The zero-order valence-electron chi connectivity index (χ0n) is 11.9. The van der Waals surface area contributed by atoms with Gasteiger partial charge in [-0.25, -0.2) is 0 Å². The Hall–Kier alpha value is -2.04. The van der Waals surface area contributed by atoms with Crippen LogP contribution in [0.2, 0.25) is 0 Å². The van der Waals surface area contributed by atoms with E-state index >= 15 is 0 Å². The van der Waals surface area contributed by atoms with Crippen molar-refractivity contribution < 1.29 is 0 Å². The van der Waals surface area contributed by atoms with Crippen LogP contribution in [0.1, 0.15) is 26.3 Å². The summed E-state index contributed by atoms with van der Waals surface area (Å²) in [7, 11) is 0. The molecule has 0 saturated carbocycles. The molecule has 0 spiro atoms. The van der Waals surface area contributed by atoms with Crippen molar-refractivity contribution in [2.75, 3.05) is 6.54 Å². The highest BCUT2D eigenvalue weighted by atomic mass is 15.2. The average molecular weight is 261 g/mol. The summed E-state index contributed by atoms with van der Waals surface area (Å²) >= 11 is 0. The molecule has 104 valence electrons. The van der Waals surface area contributed by atoms with Crippen molar-refractivity contribution in [3.05, 3.63) is 35.9 Å². The lowest BCUT2D eigenvalue weighted by Gasteiger charge is -2.21. The quantitative estimate of drug-likeness (QED) is 0.565. The van der Waals surface area contributed by atoms with Crippen LogP contribution in [-0.2, 0) is 6.42 Å². The fourth-order valence-corrected chi connectivity index (χ4v) is 1.50. The first-order valence-corrected chi connectivity index (χ1v) is 6.33. The number of benzene rings is 1. The molecule has 0 heterocycles. The molecule has 0 fully saturated rings. The monoisotopic (exact) mass is 261 g/mol. The number of nitrogens with zero attached hydrogens (tertiary/aromatic N) is 2. The molecule has 1 aromatic carbocycles. The maximum absolute atomic E-state index is 5.40. The summed E-state index contributed by atoms with van der Waals surface area (Å²) in [5, 5.41) is 3.18. The molecule has 0 radical (unpaired) electrons. The molecule has 0 saturated heterocycles. The molecular formula is C14H23N5. The highest BCUT2D eigenvalue weighted by Gasteiger charge is 2.11. The van der Waals surface area contributed by atoms with E-state index in [1.807, 2.05) is 39.0 Å². The number of nitrogens with two attached hydrogens (primary N) is 2. The Balaban J connectivity index is 2.65. The Labute approximate surface area is 114 Å². The molecule has 5 nitrogen and oxygen atoms in total. The third kappa shape index (κ3) is 7.08. The molecular weight excluding hydrogens is 238 g/mol. The van der Waals surface area contributed by atoms with E-state index < -0.39 is 0 Å². The van der Waals surface area contributed by atoms with Gasteiger partial charge >= 0.3 is 0 Å². The first-order valence-electron chi connectivity index (χ1n) is 6.33. The molecule has 1 rings (SSSR count). The molecule has 1 aromatic rings. The van der Waals surface area contributed by atoms with Gasteiger partial charge in [0.05, 0.1) is 0 Å². The van der Waals surface area contributed by atoms with Crippen LogP contribution in [0.15, 0.2) is 40.3 Å². The number of aliphatic imine (C=N–C) groups is 2. The van der Waals surface area contributed by atoms with E-state index in [0.29, 0.717) is 12.5 Å². The molecule has 0 aromatic heterocycles. The van der Waals surface area contributed by atoms with Crippen LogP contribution < -0.4 is 16.8 Å². The van der Waals surface area contributed by atoms with Crippen LogP contribution in [0, 0.1) is 0 Å². The van der Waals surface area contributed by atoms with Crippen LogP contribution in [0.5, 0.6) is 0 Å². The highest BCUT2D eigenvalue weighted by Crippen LogP contribution is 2.01. The third-order valence-electron chi connectivity index (χ3n) is 2.23. The number of hydrogen-bond acceptors (Lipinski definition) is 1. The minimum absolute atomic E-state index is 0.00945. The fraction of sp³-hybridized carbons (Fsp3) is 0.429. The Morgan fingerprint density at radius 3 is 2.32 bits per heavy atom. The number of hydrogen-bond donors (Lipinski definition) is 3. The summed E-state index contributed by atoms with van der Waals surface area (Å²) < 4.78 is 0. The second kappa shape index (κ2) is 6.78. The Morgan fingerprint density at radius 1 is 1.16 bits per heavy atom. The van der Waals surface area contributed by atoms with Crippen LogP contribution in [-0.4, -0.2) is 24.0 Å². The molecule has 0 bridgehead atoms. The molecule has 0 aliphatic carbocycles. The average Bonchev–Trinajstić information content (AvgIpc) is 2.27. The fourth-order valence-electron chi connectivity index (χ4n) is 1.50. The molecule has 0 unspecified atom stereocenters. The largest absolute Gasteiger partial charge is 0.370 e. The van der Waals surface area contributed by atoms with Gasteiger partial charge in [-0.3, -0.25) is 4.99 Å². The zero-order valence-corrected chi connectivity index (χ0v) is 11.9. The van der Waals surface area contributed by atoms with Gasteiger partial charge in [-0.2, -0.15) is 4.99 Å². The smallest absolute Gasteiger partial charge is 0.221 e. The van der Waals surface area contributed by atoms with Crippen LogP contribution in [0.4, 0.5) is 0 Å². The third-order valence-corrected chi connectivity index (χ3v) is 2.23. The normalized spacial score (nSPS) is 12.1. The molecule has 0 aliphatic heterocycles. The number of guanidine groups is 2. The van der Waals surface area contributed by atoms with Gasteiger partial charge in [-0.1, -0.05) is 30.3 Å². The zero-order chi connectivity index (χ0) is 14.3. The molecule has 5 heteroatoms. The van der Waals surface area contributed by atoms with Crippen LogP contribution >= 0.6 is 0 Å². The topological polar surface area (TPSA) is 88.8 Å².